The predicted molar refractivity (Wildman–Crippen MR) is 120 cm³/mol. The lowest BCUT2D eigenvalue weighted by Crippen LogP contribution is -2.25. The summed E-state index contributed by atoms with van der Waals surface area (Å²) < 4.78 is 11.6. The van der Waals surface area contributed by atoms with Crippen molar-refractivity contribution in [3.05, 3.63) is 94.0 Å². The molecule has 0 atom stereocenters. The van der Waals surface area contributed by atoms with Crippen molar-refractivity contribution in [2.45, 2.75) is 33.8 Å². The van der Waals surface area contributed by atoms with Gasteiger partial charge in [-0.3, -0.25) is 4.79 Å². The van der Waals surface area contributed by atoms with Gasteiger partial charge in [0.1, 0.15) is 18.1 Å². The van der Waals surface area contributed by atoms with E-state index in [1.165, 1.54) is 11.1 Å². The molecule has 1 N–H and O–H groups in total. The maximum Gasteiger partial charge on any atom is 0.251 e. The van der Waals surface area contributed by atoms with Gasteiger partial charge in [0.25, 0.3) is 5.91 Å². The highest BCUT2D eigenvalue weighted by Gasteiger charge is 2.12. The highest BCUT2D eigenvalue weighted by Crippen LogP contribution is 2.26. The maximum atomic E-state index is 12.6. The Bertz CT molecular complexity index is 1010. The van der Waals surface area contributed by atoms with Crippen LogP contribution in [0.3, 0.4) is 0 Å². The third kappa shape index (κ3) is 5.41. The molecule has 4 heteroatoms. The Morgan fingerprint density at radius 1 is 0.933 bits per heavy atom. The fraction of sp³-hybridized carbons (Fsp3) is 0.269. The Kier molecular flexibility index (Phi) is 7.12. The molecule has 3 rings (SSSR count). The van der Waals surface area contributed by atoms with Crippen LogP contribution in [0.15, 0.2) is 60.7 Å². The van der Waals surface area contributed by atoms with Crippen molar-refractivity contribution in [1.82, 2.24) is 5.32 Å². The Morgan fingerprint density at radius 2 is 1.70 bits per heavy atom. The maximum absolute atomic E-state index is 12.6. The normalized spacial score (nSPS) is 10.5. The van der Waals surface area contributed by atoms with E-state index in [1.807, 2.05) is 36.4 Å². The van der Waals surface area contributed by atoms with Crippen LogP contribution < -0.4 is 14.8 Å². The van der Waals surface area contributed by atoms with E-state index < -0.39 is 0 Å². The largest absolute Gasteiger partial charge is 0.496 e. The van der Waals surface area contributed by atoms with Crippen LogP contribution in [-0.4, -0.2) is 19.6 Å². The summed E-state index contributed by atoms with van der Waals surface area (Å²) >= 11 is 0. The molecule has 0 aliphatic heterocycles. The second-order valence-corrected chi connectivity index (χ2v) is 7.51. The monoisotopic (exact) mass is 403 g/mol. The van der Waals surface area contributed by atoms with Crippen LogP contribution in [0, 0.1) is 20.8 Å². The minimum Gasteiger partial charge on any atom is -0.496 e. The summed E-state index contributed by atoms with van der Waals surface area (Å²) in [7, 11) is 1.63. The van der Waals surface area contributed by atoms with Gasteiger partial charge in [-0.25, -0.2) is 0 Å². The highest BCUT2D eigenvalue weighted by molar-refractivity contribution is 5.94. The molecule has 0 saturated carbocycles. The van der Waals surface area contributed by atoms with Gasteiger partial charge in [-0.2, -0.15) is 0 Å². The lowest BCUT2D eigenvalue weighted by Gasteiger charge is -2.15. The van der Waals surface area contributed by atoms with E-state index in [0.29, 0.717) is 24.5 Å². The SMILES string of the molecule is COc1ccc(C(=O)NCCc2ccccc2)cc1COc1cc(C)cc(C)c1C. The molecular weight excluding hydrogens is 374 g/mol. The quantitative estimate of drug-likeness (QED) is 0.564. The third-order valence-corrected chi connectivity index (χ3v) is 5.23. The molecule has 0 heterocycles. The number of hydrogen-bond acceptors (Lipinski definition) is 3. The number of aryl methyl sites for hydroxylation is 2. The van der Waals surface area contributed by atoms with Gasteiger partial charge in [0.2, 0.25) is 0 Å². The molecule has 3 aromatic rings. The topological polar surface area (TPSA) is 47.6 Å². The van der Waals surface area contributed by atoms with Gasteiger partial charge >= 0.3 is 0 Å². The highest BCUT2D eigenvalue weighted by atomic mass is 16.5. The summed E-state index contributed by atoms with van der Waals surface area (Å²) in [6.07, 6.45) is 0.796. The molecule has 0 saturated heterocycles. The van der Waals surface area contributed by atoms with Crippen molar-refractivity contribution >= 4 is 5.91 Å². The first-order valence-electron chi connectivity index (χ1n) is 10.2. The number of hydrogen-bond donors (Lipinski definition) is 1. The number of rotatable bonds is 8. The summed E-state index contributed by atoms with van der Waals surface area (Å²) in [5.74, 6) is 1.46. The molecule has 30 heavy (non-hydrogen) atoms. The molecule has 1 amide bonds. The molecule has 156 valence electrons. The zero-order chi connectivity index (χ0) is 21.5. The zero-order valence-electron chi connectivity index (χ0n) is 18.1. The molecule has 4 nitrogen and oxygen atoms in total. The first-order valence-corrected chi connectivity index (χ1v) is 10.2. The third-order valence-electron chi connectivity index (χ3n) is 5.23. The molecule has 0 aliphatic rings. The van der Waals surface area contributed by atoms with Crippen LogP contribution in [0.5, 0.6) is 11.5 Å². The molecule has 0 aliphatic carbocycles. The number of carbonyl (C=O) groups excluding carboxylic acids is 1. The number of ether oxygens (including phenoxy) is 2. The minimum atomic E-state index is -0.0996. The van der Waals surface area contributed by atoms with Gasteiger partial charge in [-0.05, 0) is 73.7 Å². The van der Waals surface area contributed by atoms with Crippen LogP contribution in [0.1, 0.15) is 38.2 Å². The molecule has 0 unspecified atom stereocenters. The van der Waals surface area contributed by atoms with E-state index in [1.54, 1.807) is 13.2 Å². The average molecular weight is 404 g/mol. The van der Waals surface area contributed by atoms with E-state index in [2.05, 4.69) is 44.3 Å². The number of benzene rings is 3. The van der Waals surface area contributed by atoms with Crippen molar-refractivity contribution in [1.29, 1.82) is 0 Å². The lowest BCUT2D eigenvalue weighted by atomic mass is 10.1. The van der Waals surface area contributed by atoms with Gasteiger partial charge in [0.05, 0.1) is 7.11 Å². The van der Waals surface area contributed by atoms with E-state index in [-0.39, 0.29) is 5.91 Å². The Labute approximate surface area is 178 Å². The first-order chi connectivity index (χ1) is 14.5. The summed E-state index contributed by atoms with van der Waals surface area (Å²) in [6.45, 7) is 7.11. The second-order valence-electron chi connectivity index (χ2n) is 7.51. The molecule has 0 aromatic heterocycles. The van der Waals surface area contributed by atoms with Crippen molar-refractivity contribution < 1.29 is 14.3 Å². The Morgan fingerprint density at radius 3 is 2.43 bits per heavy atom. The summed E-state index contributed by atoms with van der Waals surface area (Å²) in [5.41, 5.74) is 6.11. The fourth-order valence-electron chi connectivity index (χ4n) is 3.41. The van der Waals surface area contributed by atoms with Gasteiger partial charge in [-0.15, -0.1) is 0 Å². The van der Waals surface area contributed by atoms with Crippen LogP contribution in [0.4, 0.5) is 0 Å². The molecular formula is C26H29NO3. The summed E-state index contributed by atoms with van der Waals surface area (Å²) in [5, 5.41) is 2.99. The van der Waals surface area contributed by atoms with Crippen molar-refractivity contribution in [2.24, 2.45) is 0 Å². The number of methoxy groups -OCH3 is 1. The van der Waals surface area contributed by atoms with Crippen LogP contribution >= 0.6 is 0 Å². The summed E-state index contributed by atoms with van der Waals surface area (Å²) in [6, 6.07) is 19.7. The molecule has 0 radical (unpaired) electrons. The zero-order valence-corrected chi connectivity index (χ0v) is 18.1. The average Bonchev–Trinajstić information content (AvgIpc) is 2.75. The van der Waals surface area contributed by atoms with Crippen LogP contribution in [-0.2, 0) is 13.0 Å². The first kappa shape index (κ1) is 21.4. The summed E-state index contributed by atoms with van der Waals surface area (Å²) in [4.78, 5) is 12.6. The standard InChI is InChI=1S/C26H29NO3/c1-18-14-19(2)20(3)25(15-18)30-17-23-16-22(10-11-24(23)29-4)26(28)27-13-12-21-8-6-5-7-9-21/h5-11,14-16H,12-13,17H2,1-4H3,(H,27,28). The molecule has 0 fully saturated rings. The van der Waals surface area contributed by atoms with Crippen molar-refractivity contribution in [3.8, 4) is 11.5 Å². The Hall–Kier alpha value is -3.27. The predicted octanol–water partition coefficient (Wildman–Crippen LogP) is 5.17. The van der Waals surface area contributed by atoms with E-state index >= 15 is 0 Å². The minimum absolute atomic E-state index is 0.0996. The van der Waals surface area contributed by atoms with Crippen LogP contribution in [0.2, 0.25) is 0 Å². The second kappa shape index (κ2) is 9.97. The smallest absolute Gasteiger partial charge is 0.251 e. The number of carbonyl (C=O) groups is 1. The van der Waals surface area contributed by atoms with E-state index in [0.717, 1.165) is 28.9 Å². The molecule has 0 bridgehead atoms. The van der Waals surface area contributed by atoms with E-state index in [4.69, 9.17) is 9.47 Å². The van der Waals surface area contributed by atoms with Crippen molar-refractivity contribution in [2.75, 3.05) is 13.7 Å². The van der Waals surface area contributed by atoms with Gasteiger partial charge in [0, 0.05) is 17.7 Å². The number of amides is 1. The van der Waals surface area contributed by atoms with Gasteiger partial charge in [-0.1, -0.05) is 36.4 Å². The van der Waals surface area contributed by atoms with Gasteiger partial charge < -0.3 is 14.8 Å². The van der Waals surface area contributed by atoms with Gasteiger partial charge in [0.15, 0.2) is 0 Å². The molecule has 0 spiro atoms. The lowest BCUT2D eigenvalue weighted by molar-refractivity contribution is 0.0954. The Balaban J connectivity index is 1.68. The van der Waals surface area contributed by atoms with Crippen LogP contribution in [0.25, 0.3) is 0 Å². The van der Waals surface area contributed by atoms with E-state index in [9.17, 15) is 4.79 Å². The number of nitrogens with one attached hydrogen (secondary N) is 1. The fourth-order valence-corrected chi connectivity index (χ4v) is 3.41. The van der Waals surface area contributed by atoms with Crippen molar-refractivity contribution in [3.63, 3.8) is 0 Å². The molecule has 3 aromatic carbocycles.